The standard InChI is InChI=1S/C36H45FO5/c1-4-7-8-9-10-11-12-25-40-30-21-19-28(20-22-30)27-15-17-29(18-16-27)35(38)42-32-23-24-33(34(37)26-32)36(39)41-31(13-5-2)14-6-3/h15-24,26,31H,4-14,25H2,1-3H3. The zero-order valence-corrected chi connectivity index (χ0v) is 25.3. The van der Waals surface area contributed by atoms with E-state index < -0.39 is 17.8 Å². The van der Waals surface area contributed by atoms with Crippen LogP contribution in [-0.2, 0) is 4.74 Å². The quantitative estimate of drug-likeness (QED) is 0.0857. The molecule has 0 fully saturated rings. The maximum atomic E-state index is 14.7. The first kappa shape index (κ1) is 32.8. The van der Waals surface area contributed by atoms with E-state index >= 15 is 0 Å². The van der Waals surface area contributed by atoms with Crippen molar-refractivity contribution in [3.63, 3.8) is 0 Å². The number of carbonyl (C=O) groups is 2. The van der Waals surface area contributed by atoms with E-state index in [1.165, 1.54) is 50.7 Å². The summed E-state index contributed by atoms with van der Waals surface area (Å²) in [7, 11) is 0. The van der Waals surface area contributed by atoms with Crippen LogP contribution in [0.2, 0.25) is 0 Å². The second-order valence-corrected chi connectivity index (χ2v) is 10.7. The minimum absolute atomic E-state index is 0.0175. The van der Waals surface area contributed by atoms with E-state index in [1.807, 2.05) is 50.2 Å². The molecule has 0 heterocycles. The largest absolute Gasteiger partial charge is 0.494 e. The zero-order valence-electron chi connectivity index (χ0n) is 25.3. The van der Waals surface area contributed by atoms with Crippen LogP contribution in [0.3, 0.4) is 0 Å². The SMILES string of the molecule is CCCCCCCCCOc1ccc(-c2ccc(C(=O)Oc3ccc(C(=O)OC(CCC)CCC)c(F)c3)cc2)cc1. The van der Waals surface area contributed by atoms with Crippen molar-refractivity contribution in [2.45, 2.75) is 97.5 Å². The molecule has 6 heteroatoms. The van der Waals surface area contributed by atoms with Crippen LogP contribution in [0.4, 0.5) is 4.39 Å². The summed E-state index contributed by atoms with van der Waals surface area (Å²) in [5, 5.41) is 0. The topological polar surface area (TPSA) is 61.8 Å². The Morgan fingerprint density at radius 2 is 1.24 bits per heavy atom. The smallest absolute Gasteiger partial charge is 0.343 e. The minimum Gasteiger partial charge on any atom is -0.494 e. The molecule has 0 aliphatic heterocycles. The summed E-state index contributed by atoms with van der Waals surface area (Å²) in [6, 6.07) is 18.7. The molecule has 0 amide bonds. The van der Waals surface area contributed by atoms with Crippen molar-refractivity contribution in [2.24, 2.45) is 0 Å². The Balaban J connectivity index is 1.50. The molecule has 0 atom stereocenters. The van der Waals surface area contributed by atoms with Crippen LogP contribution in [-0.4, -0.2) is 24.6 Å². The first-order chi connectivity index (χ1) is 20.4. The maximum absolute atomic E-state index is 14.7. The fourth-order valence-electron chi connectivity index (χ4n) is 4.80. The summed E-state index contributed by atoms with van der Waals surface area (Å²) in [6.07, 6.45) is 11.7. The Labute approximate surface area is 250 Å². The summed E-state index contributed by atoms with van der Waals surface area (Å²) in [5.74, 6) is -1.25. The molecule has 226 valence electrons. The monoisotopic (exact) mass is 576 g/mol. The average Bonchev–Trinajstić information content (AvgIpc) is 2.99. The fraction of sp³-hybridized carbons (Fsp3) is 0.444. The van der Waals surface area contributed by atoms with Crippen molar-refractivity contribution in [3.8, 4) is 22.6 Å². The Morgan fingerprint density at radius 1 is 0.667 bits per heavy atom. The Kier molecular flexibility index (Phi) is 14.1. The van der Waals surface area contributed by atoms with Crippen molar-refractivity contribution < 1.29 is 28.2 Å². The summed E-state index contributed by atoms with van der Waals surface area (Å²) >= 11 is 0. The molecule has 42 heavy (non-hydrogen) atoms. The Bertz CT molecular complexity index is 1230. The van der Waals surface area contributed by atoms with Crippen molar-refractivity contribution in [3.05, 3.63) is 83.7 Å². The molecular formula is C36H45FO5. The molecule has 0 aromatic heterocycles. The van der Waals surface area contributed by atoms with Gasteiger partial charge in [-0.1, -0.05) is 96.4 Å². The molecule has 0 unspecified atom stereocenters. The lowest BCUT2D eigenvalue weighted by molar-refractivity contribution is 0.0253. The van der Waals surface area contributed by atoms with Crippen molar-refractivity contribution in [1.29, 1.82) is 0 Å². The first-order valence-electron chi connectivity index (χ1n) is 15.5. The second kappa shape index (κ2) is 18.0. The van der Waals surface area contributed by atoms with Crippen molar-refractivity contribution in [1.82, 2.24) is 0 Å². The van der Waals surface area contributed by atoms with Crippen molar-refractivity contribution >= 4 is 11.9 Å². The summed E-state index contributed by atoms with van der Waals surface area (Å²) in [5.41, 5.74) is 2.11. The van der Waals surface area contributed by atoms with Gasteiger partial charge in [0.25, 0.3) is 0 Å². The molecule has 0 bridgehead atoms. The third kappa shape index (κ3) is 10.6. The van der Waals surface area contributed by atoms with Gasteiger partial charge in [0.2, 0.25) is 0 Å². The number of esters is 2. The van der Waals surface area contributed by atoms with E-state index in [-0.39, 0.29) is 17.4 Å². The molecule has 5 nitrogen and oxygen atoms in total. The van der Waals surface area contributed by atoms with Crippen LogP contribution in [0.1, 0.15) is 112 Å². The van der Waals surface area contributed by atoms with E-state index in [0.29, 0.717) is 5.56 Å². The highest BCUT2D eigenvalue weighted by atomic mass is 19.1. The molecule has 3 aromatic carbocycles. The van der Waals surface area contributed by atoms with Gasteiger partial charge in [-0.2, -0.15) is 0 Å². The van der Waals surface area contributed by atoms with Gasteiger partial charge in [-0.3, -0.25) is 0 Å². The van der Waals surface area contributed by atoms with E-state index in [1.54, 1.807) is 12.1 Å². The van der Waals surface area contributed by atoms with Crippen LogP contribution >= 0.6 is 0 Å². The normalized spacial score (nSPS) is 11.0. The molecule has 0 N–H and O–H groups in total. The van der Waals surface area contributed by atoms with Gasteiger partial charge < -0.3 is 14.2 Å². The van der Waals surface area contributed by atoms with Crippen molar-refractivity contribution in [2.75, 3.05) is 6.61 Å². The lowest BCUT2D eigenvalue weighted by Crippen LogP contribution is -2.19. The second-order valence-electron chi connectivity index (χ2n) is 10.7. The lowest BCUT2D eigenvalue weighted by Gasteiger charge is -2.16. The molecule has 3 aromatic rings. The fourth-order valence-corrected chi connectivity index (χ4v) is 4.80. The number of benzene rings is 3. The van der Waals surface area contributed by atoms with Gasteiger partial charge in [-0.25, -0.2) is 14.0 Å². The minimum atomic E-state index is -0.790. The number of hydrogen-bond donors (Lipinski definition) is 0. The molecule has 0 saturated heterocycles. The number of halogens is 1. The third-order valence-electron chi connectivity index (χ3n) is 7.19. The maximum Gasteiger partial charge on any atom is 0.343 e. The van der Waals surface area contributed by atoms with E-state index in [9.17, 15) is 14.0 Å². The summed E-state index contributed by atoms with van der Waals surface area (Å²) in [6.45, 7) is 6.98. The van der Waals surface area contributed by atoms with Gasteiger partial charge in [0, 0.05) is 6.07 Å². The molecular weight excluding hydrogens is 531 g/mol. The Hall–Kier alpha value is -3.67. The molecule has 0 aliphatic carbocycles. The average molecular weight is 577 g/mol. The van der Waals surface area contributed by atoms with Crippen LogP contribution in [0.25, 0.3) is 11.1 Å². The number of rotatable bonds is 18. The number of ether oxygens (including phenoxy) is 3. The highest BCUT2D eigenvalue weighted by Crippen LogP contribution is 2.25. The van der Waals surface area contributed by atoms with Crippen LogP contribution in [0, 0.1) is 5.82 Å². The summed E-state index contributed by atoms with van der Waals surface area (Å²) < 4.78 is 31.4. The van der Waals surface area contributed by atoms with Gasteiger partial charge in [-0.15, -0.1) is 0 Å². The van der Waals surface area contributed by atoms with Crippen LogP contribution in [0.15, 0.2) is 66.7 Å². The lowest BCUT2D eigenvalue weighted by atomic mass is 10.0. The number of hydrogen-bond acceptors (Lipinski definition) is 5. The number of unbranched alkanes of at least 4 members (excludes halogenated alkanes) is 6. The molecule has 3 rings (SSSR count). The van der Waals surface area contributed by atoms with Gasteiger partial charge in [0.1, 0.15) is 23.4 Å². The Morgan fingerprint density at radius 3 is 1.83 bits per heavy atom. The highest BCUT2D eigenvalue weighted by Gasteiger charge is 2.19. The predicted octanol–water partition coefficient (Wildman–Crippen LogP) is 9.97. The molecule has 0 saturated carbocycles. The number of carbonyl (C=O) groups excluding carboxylic acids is 2. The van der Waals surface area contributed by atoms with Gasteiger partial charge in [0.05, 0.1) is 17.7 Å². The molecule has 0 spiro atoms. The first-order valence-corrected chi connectivity index (χ1v) is 15.5. The third-order valence-corrected chi connectivity index (χ3v) is 7.19. The molecule has 0 aliphatic rings. The van der Waals surface area contributed by atoms with Gasteiger partial charge in [-0.05, 0) is 66.8 Å². The summed E-state index contributed by atoms with van der Waals surface area (Å²) in [4.78, 5) is 25.2. The van der Waals surface area contributed by atoms with Gasteiger partial charge >= 0.3 is 11.9 Å². The predicted molar refractivity (Wildman–Crippen MR) is 166 cm³/mol. The van der Waals surface area contributed by atoms with E-state index in [4.69, 9.17) is 14.2 Å². The van der Waals surface area contributed by atoms with Crippen LogP contribution in [0.5, 0.6) is 11.5 Å². The van der Waals surface area contributed by atoms with Crippen LogP contribution < -0.4 is 9.47 Å². The highest BCUT2D eigenvalue weighted by molar-refractivity contribution is 5.92. The van der Waals surface area contributed by atoms with E-state index in [2.05, 4.69) is 6.92 Å². The molecule has 0 radical (unpaired) electrons. The zero-order chi connectivity index (χ0) is 30.2. The van der Waals surface area contributed by atoms with Gasteiger partial charge in [0.15, 0.2) is 0 Å². The van der Waals surface area contributed by atoms with E-state index in [0.717, 1.165) is 61.7 Å².